The zero-order valence-electron chi connectivity index (χ0n) is 10.2. The minimum atomic E-state index is -0.298. The van der Waals surface area contributed by atoms with Crippen LogP contribution in [-0.2, 0) is 4.79 Å². The molecule has 1 aromatic carbocycles. The van der Waals surface area contributed by atoms with Crippen LogP contribution in [0.2, 0.25) is 0 Å². The Bertz CT molecular complexity index is 641. The van der Waals surface area contributed by atoms with Gasteiger partial charge in [0.1, 0.15) is 11.7 Å². The van der Waals surface area contributed by atoms with Crippen molar-refractivity contribution in [3.8, 4) is 11.4 Å². The van der Waals surface area contributed by atoms with Gasteiger partial charge >= 0.3 is 0 Å². The maximum absolute atomic E-state index is 13.2. The van der Waals surface area contributed by atoms with Crippen LogP contribution >= 0.6 is 11.8 Å². The van der Waals surface area contributed by atoms with Crippen LogP contribution in [-0.4, -0.2) is 27.4 Å². The number of halogens is 1. The molecule has 4 nitrogen and oxygen atoms in total. The van der Waals surface area contributed by atoms with Gasteiger partial charge in [-0.05, 0) is 30.7 Å². The SMILES string of the molecule is Cc1cc(-c2noc(C3CSCC3=O)n2)ccc1F. The van der Waals surface area contributed by atoms with E-state index >= 15 is 0 Å². The number of hydrogen-bond donors (Lipinski definition) is 0. The second-order valence-electron chi connectivity index (χ2n) is 4.45. The van der Waals surface area contributed by atoms with Gasteiger partial charge in [-0.3, -0.25) is 4.79 Å². The van der Waals surface area contributed by atoms with E-state index in [0.29, 0.717) is 34.3 Å². The lowest BCUT2D eigenvalue weighted by Gasteiger charge is -1.99. The van der Waals surface area contributed by atoms with E-state index in [2.05, 4.69) is 10.1 Å². The van der Waals surface area contributed by atoms with Gasteiger partial charge in [-0.2, -0.15) is 16.7 Å². The molecule has 2 heterocycles. The summed E-state index contributed by atoms with van der Waals surface area (Å²) < 4.78 is 18.4. The number of carbonyl (C=O) groups is 1. The van der Waals surface area contributed by atoms with Gasteiger partial charge in [-0.25, -0.2) is 4.39 Å². The van der Waals surface area contributed by atoms with Crippen LogP contribution in [0.4, 0.5) is 4.39 Å². The first kappa shape index (κ1) is 12.3. The minimum absolute atomic E-state index is 0.121. The van der Waals surface area contributed by atoms with Crippen LogP contribution in [0.25, 0.3) is 11.4 Å². The van der Waals surface area contributed by atoms with E-state index in [-0.39, 0.29) is 17.5 Å². The van der Waals surface area contributed by atoms with Crippen molar-refractivity contribution in [1.82, 2.24) is 10.1 Å². The maximum atomic E-state index is 13.2. The fraction of sp³-hybridized carbons (Fsp3) is 0.308. The molecule has 0 N–H and O–H groups in total. The predicted molar refractivity (Wildman–Crippen MR) is 69.5 cm³/mol. The number of carbonyl (C=O) groups excluding carboxylic acids is 1. The monoisotopic (exact) mass is 278 g/mol. The molecule has 0 amide bonds. The van der Waals surface area contributed by atoms with Crippen LogP contribution in [0, 0.1) is 12.7 Å². The molecule has 1 aliphatic heterocycles. The van der Waals surface area contributed by atoms with Crippen LogP contribution < -0.4 is 0 Å². The summed E-state index contributed by atoms with van der Waals surface area (Å²) in [5, 5.41) is 3.87. The van der Waals surface area contributed by atoms with Gasteiger partial charge in [0, 0.05) is 11.3 Å². The molecule has 1 fully saturated rings. The predicted octanol–water partition coefficient (Wildman–Crippen LogP) is 2.58. The first-order valence-electron chi connectivity index (χ1n) is 5.86. The van der Waals surface area contributed by atoms with E-state index < -0.39 is 0 Å². The summed E-state index contributed by atoms with van der Waals surface area (Å²) in [4.78, 5) is 15.9. The molecular formula is C13H11FN2O2S. The van der Waals surface area contributed by atoms with E-state index in [9.17, 15) is 9.18 Å². The van der Waals surface area contributed by atoms with Crippen molar-refractivity contribution in [2.45, 2.75) is 12.8 Å². The quantitative estimate of drug-likeness (QED) is 0.845. The molecular weight excluding hydrogens is 267 g/mol. The molecule has 6 heteroatoms. The van der Waals surface area contributed by atoms with E-state index in [1.165, 1.54) is 6.07 Å². The Morgan fingerprint density at radius 1 is 1.47 bits per heavy atom. The first-order chi connectivity index (χ1) is 9.15. The zero-order chi connectivity index (χ0) is 13.4. The van der Waals surface area contributed by atoms with Gasteiger partial charge in [-0.15, -0.1) is 0 Å². The summed E-state index contributed by atoms with van der Waals surface area (Å²) in [6.45, 7) is 1.68. The molecule has 1 atom stereocenters. The van der Waals surface area contributed by atoms with E-state index in [1.54, 1.807) is 30.8 Å². The second-order valence-corrected chi connectivity index (χ2v) is 5.48. The number of aromatic nitrogens is 2. The van der Waals surface area contributed by atoms with E-state index in [0.717, 1.165) is 0 Å². The largest absolute Gasteiger partial charge is 0.338 e. The molecule has 1 aromatic heterocycles. The molecule has 2 aromatic rings. The fourth-order valence-electron chi connectivity index (χ4n) is 1.96. The molecule has 98 valence electrons. The third-order valence-corrected chi connectivity index (χ3v) is 4.13. The minimum Gasteiger partial charge on any atom is -0.338 e. The number of aryl methyl sites for hydroxylation is 1. The van der Waals surface area contributed by atoms with Crippen LogP contribution in [0.5, 0.6) is 0 Å². The average Bonchev–Trinajstić information content (AvgIpc) is 3.01. The normalized spacial score (nSPS) is 19.1. The third-order valence-electron chi connectivity index (χ3n) is 3.07. The standard InChI is InChI=1S/C13H11FN2O2S/c1-7-4-8(2-3-10(7)14)12-15-13(18-16-12)9-5-19-6-11(9)17/h2-4,9H,5-6H2,1H3. The molecule has 0 spiro atoms. The van der Waals surface area contributed by atoms with Gasteiger partial charge < -0.3 is 4.52 Å². The summed E-state index contributed by atoms with van der Waals surface area (Å²) in [6.07, 6.45) is 0. The smallest absolute Gasteiger partial charge is 0.238 e. The third kappa shape index (κ3) is 2.28. The number of ketones is 1. The van der Waals surface area contributed by atoms with Gasteiger partial charge in [0.05, 0.1) is 5.75 Å². The molecule has 3 rings (SSSR count). The molecule has 0 radical (unpaired) electrons. The Labute approximate surface area is 113 Å². The highest BCUT2D eigenvalue weighted by atomic mass is 32.2. The van der Waals surface area contributed by atoms with E-state index in [4.69, 9.17) is 4.52 Å². The lowest BCUT2D eigenvalue weighted by Crippen LogP contribution is -2.09. The number of nitrogens with zero attached hydrogens (tertiary/aromatic N) is 2. The lowest BCUT2D eigenvalue weighted by molar-refractivity contribution is -0.117. The van der Waals surface area contributed by atoms with Crippen molar-refractivity contribution >= 4 is 17.5 Å². The van der Waals surface area contributed by atoms with Crippen LogP contribution in [0.15, 0.2) is 22.7 Å². The average molecular weight is 278 g/mol. The van der Waals surface area contributed by atoms with Crippen molar-refractivity contribution in [2.75, 3.05) is 11.5 Å². The van der Waals surface area contributed by atoms with Gasteiger partial charge in [0.15, 0.2) is 5.78 Å². The summed E-state index contributed by atoms with van der Waals surface area (Å²) in [5.41, 5.74) is 1.21. The van der Waals surface area contributed by atoms with Gasteiger partial charge in [-0.1, -0.05) is 5.16 Å². The van der Waals surface area contributed by atoms with Crippen LogP contribution in [0.3, 0.4) is 0 Å². The molecule has 1 aliphatic rings. The number of hydrogen-bond acceptors (Lipinski definition) is 5. The topological polar surface area (TPSA) is 56.0 Å². The highest BCUT2D eigenvalue weighted by molar-refractivity contribution is 8.00. The Morgan fingerprint density at radius 3 is 3.00 bits per heavy atom. The lowest BCUT2D eigenvalue weighted by atomic mass is 10.1. The summed E-state index contributed by atoms with van der Waals surface area (Å²) >= 11 is 1.57. The molecule has 0 saturated carbocycles. The second kappa shape index (κ2) is 4.77. The molecule has 0 bridgehead atoms. The summed E-state index contributed by atoms with van der Waals surface area (Å²) in [6, 6.07) is 4.63. The highest BCUT2D eigenvalue weighted by Crippen LogP contribution is 2.30. The number of thioether (sulfide) groups is 1. The summed E-state index contributed by atoms with van der Waals surface area (Å²) in [5.74, 6) is 1.48. The Kier molecular flexibility index (Phi) is 3.10. The number of rotatable bonds is 2. The number of benzene rings is 1. The molecule has 1 saturated heterocycles. The first-order valence-corrected chi connectivity index (χ1v) is 7.01. The van der Waals surface area contributed by atoms with Crippen LogP contribution in [0.1, 0.15) is 17.4 Å². The fourth-order valence-corrected chi connectivity index (χ4v) is 3.04. The maximum Gasteiger partial charge on any atom is 0.238 e. The van der Waals surface area contributed by atoms with Gasteiger partial charge in [0.25, 0.3) is 0 Å². The highest BCUT2D eigenvalue weighted by Gasteiger charge is 2.31. The Balaban J connectivity index is 1.92. The van der Waals surface area contributed by atoms with Crippen molar-refractivity contribution in [2.24, 2.45) is 0 Å². The summed E-state index contributed by atoms with van der Waals surface area (Å²) in [7, 11) is 0. The van der Waals surface area contributed by atoms with Crippen molar-refractivity contribution in [1.29, 1.82) is 0 Å². The Morgan fingerprint density at radius 2 is 2.32 bits per heavy atom. The van der Waals surface area contributed by atoms with Gasteiger partial charge in [0.2, 0.25) is 11.7 Å². The Hall–Kier alpha value is -1.69. The molecule has 19 heavy (non-hydrogen) atoms. The molecule has 0 aliphatic carbocycles. The van der Waals surface area contributed by atoms with Crippen molar-refractivity contribution < 1.29 is 13.7 Å². The number of Topliss-reactive ketones (excluding diaryl/α,β-unsaturated/α-hetero) is 1. The van der Waals surface area contributed by atoms with Crippen molar-refractivity contribution in [3.63, 3.8) is 0 Å². The molecule has 1 unspecified atom stereocenters. The zero-order valence-corrected chi connectivity index (χ0v) is 11.0. The van der Waals surface area contributed by atoms with E-state index in [1.807, 2.05) is 0 Å². The van der Waals surface area contributed by atoms with Crippen molar-refractivity contribution in [3.05, 3.63) is 35.5 Å².